The Morgan fingerprint density at radius 1 is 1.60 bits per heavy atom. The summed E-state index contributed by atoms with van der Waals surface area (Å²) in [5.41, 5.74) is 0.714. The van der Waals surface area contributed by atoms with Crippen LogP contribution in [0.2, 0.25) is 5.02 Å². The molecule has 2 nitrogen and oxygen atoms in total. The summed E-state index contributed by atoms with van der Waals surface area (Å²) >= 11 is 5.84. The van der Waals surface area contributed by atoms with Gasteiger partial charge in [-0.2, -0.15) is 0 Å². The summed E-state index contributed by atoms with van der Waals surface area (Å²) in [6.45, 7) is 5.86. The van der Waals surface area contributed by atoms with E-state index >= 15 is 0 Å². The zero-order valence-corrected chi connectivity index (χ0v) is 9.50. The topological polar surface area (TPSA) is 29.5 Å². The normalized spacial score (nSPS) is 12.2. The molecule has 1 rings (SSSR count). The Bertz CT molecular complexity index is 334. The molecule has 82 valence electrons. The zero-order chi connectivity index (χ0) is 11.3. The molecule has 0 saturated heterocycles. The first-order valence-electron chi connectivity index (χ1n) is 4.86. The van der Waals surface area contributed by atoms with Crippen molar-refractivity contribution in [3.63, 3.8) is 0 Å². The van der Waals surface area contributed by atoms with Gasteiger partial charge in [-0.05, 0) is 31.5 Å². The van der Waals surface area contributed by atoms with Crippen LogP contribution in [-0.4, -0.2) is 11.7 Å². The largest absolute Gasteiger partial charge is 0.493 e. The highest BCUT2D eigenvalue weighted by Crippen LogP contribution is 2.28. The van der Waals surface area contributed by atoms with Gasteiger partial charge in [0.05, 0.1) is 12.7 Å². The van der Waals surface area contributed by atoms with Crippen molar-refractivity contribution in [3.8, 4) is 5.75 Å². The first-order valence-corrected chi connectivity index (χ1v) is 5.24. The minimum Gasteiger partial charge on any atom is -0.493 e. The van der Waals surface area contributed by atoms with Crippen LogP contribution in [0.1, 0.15) is 25.0 Å². The Morgan fingerprint density at radius 3 is 2.93 bits per heavy atom. The van der Waals surface area contributed by atoms with Crippen molar-refractivity contribution in [1.29, 1.82) is 0 Å². The summed E-state index contributed by atoms with van der Waals surface area (Å²) < 4.78 is 5.50. The van der Waals surface area contributed by atoms with Gasteiger partial charge in [-0.1, -0.05) is 17.7 Å². The Hall–Kier alpha value is -0.990. The van der Waals surface area contributed by atoms with E-state index < -0.39 is 6.10 Å². The summed E-state index contributed by atoms with van der Waals surface area (Å²) in [5, 5.41) is 10.1. The summed E-state index contributed by atoms with van der Waals surface area (Å²) in [5.74, 6) is 0.677. The van der Waals surface area contributed by atoms with Crippen LogP contribution in [0.5, 0.6) is 5.75 Å². The molecule has 1 N–H and O–H groups in total. The van der Waals surface area contributed by atoms with E-state index in [4.69, 9.17) is 16.3 Å². The summed E-state index contributed by atoms with van der Waals surface area (Å²) in [7, 11) is 0. The van der Waals surface area contributed by atoms with Gasteiger partial charge in [-0.15, -0.1) is 6.58 Å². The van der Waals surface area contributed by atoms with Gasteiger partial charge in [-0.3, -0.25) is 0 Å². The Balaban J connectivity index is 2.81. The van der Waals surface area contributed by atoms with E-state index in [-0.39, 0.29) is 0 Å². The average molecular weight is 227 g/mol. The fourth-order valence-corrected chi connectivity index (χ4v) is 1.41. The van der Waals surface area contributed by atoms with E-state index in [9.17, 15) is 5.11 Å². The molecule has 0 heterocycles. The lowest BCUT2D eigenvalue weighted by molar-refractivity contribution is 0.191. The molecule has 0 spiro atoms. The van der Waals surface area contributed by atoms with Crippen molar-refractivity contribution in [1.82, 2.24) is 0 Å². The first-order chi connectivity index (χ1) is 7.15. The lowest BCUT2D eigenvalue weighted by Crippen LogP contribution is -2.01. The maximum absolute atomic E-state index is 9.53. The number of hydrogen-bond acceptors (Lipinski definition) is 2. The minimum absolute atomic E-state index is 0.560. The minimum atomic E-state index is -0.581. The van der Waals surface area contributed by atoms with E-state index in [1.807, 2.05) is 0 Å². The van der Waals surface area contributed by atoms with Gasteiger partial charge < -0.3 is 9.84 Å². The molecule has 1 atom stereocenters. The number of halogens is 1. The predicted octanol–water partition coefficient (Wildman–Crippen LogP) is 3.35. The molecule has 0 radical (unpaired) electrons. The number of ether oxygens (including phenoxy) is 1. The van der Waals surface area contributed by atoms with E-state index in [2.05, 4.69) is 6.58 Å². The van der Waals surface area contributed by atoms with E-state index in [0.717, 1.165) is 6.42 Å². The van der Waals surface area contributed by atoms with Crippen LogP contribution in [0.3, 0.4) is 0 Å². The maximum Gasteiger partial charge on any atom is 0.125 e. The van der Waals surface area contributed by atoms with Crippen LogP contribution in [0.15, 0.2) is 30.9 Å². The number of aliphatic hydroxyl groups excluding tert-OH is 1. The quantitative estimate of drug-likeness (QED) is 0.616. The van der Waals surface area contributed by atoms with Gasteiger partial charge in [0, 0.05) is 10.6 Å². The zero-order valence-electron chi connectivity index (χ0n) is 8.74. The van der Waals surface area contributed by atoms with Crippen molar-refractivity contribution in [2.45, 2.75) is 19.4 Å². The average Bonchev–Trinajstić information content (AvgIpc) is 2.20. The number of rotatable bonds is 5. The second-order valence-corrected chi connectivity index (χ2v) is 3.72. The van der Waals surface area contributed by atoms with Crippen molar-refractivity contribution >= 4 is 11.6 Å². The summed E-state index contributed by atoms with van der Waals surface area (Å²) in [6, 6.07) is 5.24. The van der Waals surface area contributed by atoms with Crippen molar-refractivity contribution < 1.29 is 9.84 Å². The van der Waals surface area contributed by atoms with E-state index in [1.54, 1.807) is 31.2 Å². The third-order valence-electron chi connectivity index (χ3n) is 2.00. The smallest absolute Gasteiger partial charge is 0.125 e. The molecule has 0 amide bonds. The third kappa shape index (κ3) is 3.57. The molecule has 0 fully saturated rings. The molecule has 1 aromatic carbocycles. The number of hydrogen-bond donors (Lipinski definition) is 1. The summed E-state index contributed by atoms with van der Waals surface area (Å²) in [6.07, 6.45) is 1.99. The number of aliphatic hydroxyl groups is 1. The molecular formula is C12H15ClO2. The molecular weight excluding hydrogens is 212 g/mol. The van der Waals surface area contributed by atoms with E-state index in [1.165, 1.54) is 0 Å². The molecule has 0 aliphatic carbocycles. The highest BCUT2D eigenvalue weighted by Gasteiger charge is 2.09. The fourth-order valence-electron chi connectivity index (χ4n) is 1.23. The SMILES string of the molecule is C=CCCOc1ccc(Cl)cc1[C@H](C)O. The Kier molecular flexibility index (Phi) is 4.66. The van der Waals surface area contributed by atoms with Crippen molar-refractivity contribution in [3.05, 3.63) is 41.4 Å². The van der Waals surface area contributed by atoms with Crippen molar-refractivity contribution in [2.24, 2.45) is 0 Å². The van der Waals surface area contributed by atoms with Crippen LogP contribution < -0.4 is 4.74 Å². The Labute approximate surface area is 95.1 Å². The van der Waals surface area contributed by atoms with Crippen LogP contribution in [-0.2, 0) is 0 Å². The van der Waals surface area contributed by atoms with Gasteiger partial charge in [-0.25, -0.2) is 0 Å². The van der Waals surface area contributed by atoms with Crippen LogP contribution in [0, 0.1) is 0 Å². The number of benzene rings is 1. The van der Waals surface area contributed by atoms with E-state index in [0.29, 0.717) is 22.9 Å². The second kappa shape index (κ2) is 5.79. The lowest BCUT2D eigenvalue weighted by atomic mass is 10.1. The van der Waals surface area contributed by atoms with Gasteiger partial charge in [0.15, 0.2) is 0 Å². The molecule has 15 heavy (non-hydrogen) atoms. The molecule has 0 saturated carbocycles. The molecule has 0 bridgehead atoms. The molecule has 0 aliphatic heterocycles. The lowest BCUT2D eigenvalue weighted by Gasteiger charge is -2.13. The molecule has 3 heteroatoms. The van der Waals surface area contributed by atoms with Gasteiger partial charge >= 0.3 is 0 Å². The van der Waals surface area contributed by atoms with Crippen molar-refractivity contribution in [2.75, 3.05) is 6.61 Å². The van der Waals surface area contributed by atoms with Gasteiger partial charge in [0.2, 0.25) is 0 Å². The molecule has 1 aromatic rings. The highest BCUT2D eigenvalue weighted by molar-refractivity contribution is 6.30. The van der Waals surface area contributed by atoms with Gasteiger partial charge in [0.1, 0.15) is 5.75 Å². The van der Waals surface area contributed by atoms with Crippen LogP contribution in [0.25, 0.3) is 0 Å². The monoisotopic (exact) mass is 226 g/mol. The molecule has 0 aromatic heterocycles. The maximum atomic E-state index is 9.53. The van der Waals surface area contributed by atoms with Crippen LogP contribution >= 0.6 is 11.6 Å². The Morgan fingerprint density at radius 2 is 2.33 bits per heavy atom. The fraction of sp³-hybridized carbons (Fsp3) is 0.333. The van der Waals surface area contributed by atoms with Gasteiger partial charge in [0.25, 0.3) is 0 Å². The highest BCUT2D eigenvalue weighted by atomic mass is 35.5. The molecule has 0 unspecified atom stereocenters. The second-order valence-electron chi connectivity index (χ2n) is 3.28. The first kappa shape index (κ1) is 12.1. The standard InChI is InChI=1S/C12H15ClO2/c1-3-4-7-15-12-6-5-10(13)8-11(12)9(2)14/h3,5-6,8-9,14H,1,4,7H2,2H3/t9-/m0/s1. The predicted molar refractivity (Wildman–Crippen MR) is 62.4 cm³/mol. The molecule has 0 aliphatic rings. The van der Waals surface area contributed by atoms with Crippen LogP contribution in [0.4, 0.5) is 0 Å². The summed E-state index contributed by atoms with van der Waals surface area (Å²) in [4.78, 5) is 0. The third-order valence-corrected chi connectivity index (χ3v) is 2.24.